The van der Waals surface area contributed by atoms with E-state index in [0.29, 0.717) is 12.5 Å². The van der Waals surface area contributed by atoms with Gasteiger partial charge in [0.15, 0.2) is 5.11 Å². The summed E-state index contributed by atoms with van der Waals surface area (Å²) < 4.78 is 5.67. The van der Waals surface area contributed by atoms with E-state index >= 15 is 0 Å². The van der Waals surface area contributed by atoms with Crippen LogP contribution >= 0.6 is 12.2 Å². The summed E-state index contributed by atoms with van der Waals surface area (Å²) in [5, 5.41) is 4.39. The van der Waals surface area contributed by atoms with Crippen molar-refractivity contribution >= 4 is 35.0 Å². The number of aryl methyl sites for hydroxylation is 1. The molecule has 2 aromatic rings. The monoisotopic (exact) mass is 505 g/mol. The number of likely N-dealkylation sites (tertiary alicyclic amines) is 2. The van der Waals surface area contributed by atoms with Gasteiger partial charge in [0.2, 0.25) is 5.91 Å². The standard InChI is InChI=1S/C30H39N3O2S/c1-5-35-26-12-7-6-10-24(26)13-14-27(34)32-18-15-30(16-19-32)17-20-33(21-30)29(36)31-28-23(4)9-8-11-25(28)22(2)3/h6-14,22H,5,15-21H2,1-4H3,(H,31,36). The number of nitrogens with one attached hydrogen (secondary N) is 1. The molecule has 2 aliphatic heterocycles. The first-order valence-corrected chi connectivity index (χ1v) is 13.6. The highest BCUT2D eigenvalue weighted by molar-refractivity contribution is 7.80. The van der Waals surface area contributed by atoms with Crippen LogP contribution in [0.5, 0.6) is 5.75 Å². The van der Waals surface area contributed by atoms with Crippen molar-refractivity contribution in [3.05, 3.63) is 65.2 Å². The fourth-order valence-electron chi connectivity index (χ4n) is 5.42. The van der Waals surface area contributed by atoms with Gasteiger partial charge in [-0.05, 0) is 79.9 Å². The van der Waals surface area contributed by atoms with Gasteiger partial charge in [-0.2, -0.15) is 0 Å². The Labute approximate surface area is 221 Å². The molecule has 192 valence electrons. The van der Waals surface area contributed by atoms with Crippen molar-refractivity contribution in [3.63, 3.8) is 0 Å². The normalized spacial score (nSPS) is 17.2. The van der Waals surface area contributed by atoms with Crippen molar-refractivity contribution in [2.45, 2.75) is 52.9 Å². The Kier molecular flexibility index (Phi) is 8.35. The molecule has 0 unspecified atom stereocenters. The number of para-hydroxylation sites is 2. The molecule has 0 bridgehead atoms. The van der Waals surface area contributed by atoms with Crippen molar-refractivity contribution in [1.29, 1.82) is 0 Å². The predicted molar refractivity (Wildman–Crippen MR) is 153 cm³/mol. The average molecular weight is 506 g/mol. The maximum Gasteiger partial charge on any atom is 0.246 e. The summed E-state index contributed by atoms with van der Waals surface area (Å²) in [6, 6.07) is 14.3. The van der Waals surface area contributed by atoms with Crippen molar-refractivity contribution in [2.75, 3.05) is 38.1 Å². The third-order valence-electron chi connectivity index (χ3n) is 7.64. The number of carbonyl (C=O) groups is 1. The number of carbonyl (C=O) groups excluding carboxylic acids is 1. The molecule has 2 aliphatic rings. The highest BCUT2D eigenvalue weighted by atomic mass is 32.1. The van der Waals surface area contributed by atoms with Crippen molar-refractivity contribution in [1.82, 2.24) is 9.80 Å². The van der Waals surface area contributed by atoms with Crippen molar-refractivity contribution in [3.8, 4) is 5.75 Å². The zero-order valence-corrected chi connectivity index (χ0v) is 22.9. The number of amides is 1. The van der Waals surface area contributed by atoms with E-state index in [2.05, 4.69) is 49.2 Å². The van der Waals surface area contributed by atoms with E-state index in [4.69, 9.17) is 17.0 Å². The van der Waals surface area contributed by atoms with E-state index in [9.17, 15) is 4.79 Å². The van der Waals surface area contributed by atoms with Gasteiger partial charge >= 0.3 is 0 Å². The quantitative estimate of drug-likeness (QED) is 0.372. The Balaban J connectivity index is 1.33. The van der Waals surface area contributed by atoms with Crippen LogP contribution in [-0.4, -0.2) is 53.6 Å². The number of benzene rings is 2. The van der Waals surface area contributed by atoms with E-state index in [0.717, 1.165) is 67.6 Å². The zero-order valence-electron chi connectivity index (χ0n) is 22.0. The molecule has 0 aliphatic carbocycles. The maximum absolute atomic E-state index is 12.9. The molecule has 0 saturated carbocycles. The summed E-state index contributed by atoms with van der Waals surface area (Å²) in [5.41, 5.74) is 4.84. The Morgan fingerprint density at radius 3 is 2.47 bits per heavy atom. The molecule has 0 atom stereocenters. The van der Waals surface area contributed by atoms with Crippen LogP contribution in [0, 0.1) is 12.3 Å². The molecule has 2 saturated heterocycles. The van der Waals surface area contributed by atoms with E-state index in [1.165, 1.54) is 11.1 Å². The minimum Gasteiger partial charge on any atom is -0.493 e. The van der Waals surface area contributed by atoms with Crippen LogP contribution in [-0.2, 0) is 4.79 Å². The second-order valence-electron chi connectivity index (χ2n) is 10.4. The second-order valence-corrected chi connectivity index (χ2v) is 10.8. The molecule has 0 aromatic heterocycles. The number of piperidine rings is 1. The number of ether oxygens (including phenoxy) is 1. The molecule has 5 nitrogen and oxygen atoms in total. The summed E-state index contributed by atoms with van der Waals surface area (Å²) in [4.78, 5) is 17.2. The molecule has 0 radical (unpaired) electrons. The number of nitrogens with zero attached hydrogens (tertiary/aromatic N) is 2. The Morgan fingerprint density at radius 1 is 1.08 bits per heavy atom. The van der Waals surface area contributed by atoms with Crippen LogP contribution in [0.3, 0.4) is 0 Å². The highest BCUT2D eigenvalue weighted by Crippen LogP contribution is 2.41. The molecule has 4 rings (SSSR count). The summed E-state index contributed by atoms with van der Waals surface area (Å²) in [6.45, 7) is 12.7. The zero-order chi connectivity index (χ0) is 25.7. The lowest BCUT2D eigenvalue weighted by Gasteiger charge is -2.39. The molecular formula is C30H39N3O2S. The molecule has 1 spiro atoms. The summed E-state index contributed by atoms with van der Waals surface area (Å²) >= 11 is 5.86. The molecule has 2 fully saturated rings. The van der Waals surface area contributed by atoms with Gasteiger partial charge in [-0.25, -0.2) is 0 Å². The third-order valence-corrected chi connectivity index (χ3v) is 8.00. The minimum absolute atomic E-state index is 0.0731. The Morgan fingerprint density at radius 2 is 1.78 bits per heavy atom. The van der Waals surface area contributed by atoms with Gasteiger partial charge in [-0.15, -0.1) is 0 Å². The van der Waals surface area contributed by atoms with Crippen LogP contribution in [0.1, 0.15) is 62.6 Å². The topological polar surface area (TPSA) is 44.8 Å². The number of anilines is 1. The first-order valence-electron chi connectivity index (χ1n) is 13.2. The largest absolute Gasteiger partial charge is 0.493 e. The number of thiocarbonyl (C=S) groups is 1. The molecule has 6 heteroatoms. The predicted octanol–water partition coefficient (Wildman–Crippen LogP) is 6.24. The fraction of sp³-hybridized carbons (Fsp3) is 0.467. The second kappa shape index (κ2) is 11.5. The lowest BCUT2D eigenvalue weighted by Crippen LogP contribution is -2.44. The van der Waals surface area contributed by atoms with Crippen LogP contribution in [0.4, 0.5) is 5.69 Å². The lowest BCUT2D eigenvalue weighted by molar-refractivity contribution is -0.128. The average Bonchev–Trinajstić information content (AvgIpc) is 3.28. The molecule has 1 N–H and O–H groups in total. The van der Waals surface area contributed by atoms with Crippen molar-refractivity contribution < 1.29 is 9.53 Å². The molecule has 1 amide bonds. The van der Waals surface area contributed by atoms with E-state index in [-0.39, 0.29) is 11.3 Å². The van der Waals surface area contributed by atoms with Gasteiger partial charge in [0.05, 0.1) is 6.61 Å². The smallest absolute Gasteiger partial charge is 0.246 e. The summed E-state index contributed by atoms with van der Waals surface area (Å²) in [7, 11) is 0. The van der Waals surface area contributed by atoms with Gasteiger partial charge in [-0.3, -0.25) is 4.79 Å². The summed E-state index contributed by atoms with van der Waals surface area (Å²) in [6.07, 6.45) is 6.71. The number of hydrogen-bond acceptors (Lipinski definition) is 3. The van der Waals surface area contributed by atoms with E-state index < -0.39 is 0 Å². The molecule has 2 aromatic carbocycles. The van der Waals surface area contributed by atoms with E-state index in [1.54, 1.807) is 6.08 Å². The SMILES string of the molecule is CCOc1ccccc1C=CC(=O)N1CCC2(CC1)CCN(C(=S)Nc1c(C)cccc1C(C)C)C2. The van der Waals surface area contributed by atoms with Crippen LogP contribution < -0.4 is 10.1 Å². The Bertz CT molecular complexity index is 1120. The van der Waals surface area contributed by atoms with Crippen LogP contribution in [0.15, 0.2) is 48.5 Å². The van der Waals surface area contributed by atoms with Gasteiger partial charge in [0.25, 0.3) is 0 Å². The Hall–Kier alpha value is -2.86. The molecule has 36 heavy (non-hydrogen) atoms. The first kappa shape index (κ1) is 26.2. The lowest BCUT2D eigenvalue weighted by atomic mass is 9.78. The summed E-state index contributed by atoms with van der Waals surface area (Å²) in [5.74, 6) is 1.32. The first-order chi connectivity index (χ1) is 17.3. The van der Waals surface area contributed by atoms with Gasteiger partial charge < -0.3 is 19.9 Å². The molecular weight excluding hydrogens is 466 g/mol. The highest BCUT2D eigenvalue weighted by Gasteiger charge is 2.42. The number of rotatable bonds is 6. The van der Waals surface area contributed by atoms with Gasteiger partial charge in [0.1, 0.15) is 5.75 Å². The fourth-order valence-corrected chi connectivity index (χ4v) is 5.68. The van der Waals surface area contributed by atoms with Crippen molar-refractivity contribution in [2.24, 2.45) is 5.41 Å². The maximum atomic E-state index is 12.9. The van der Waals surface area contributed by atoms with Crippen LogP contribution in [0.25, 0.3) is 6.08 Å². The van der Waals surface area contributed by atoms with Crippen LogP contribution in [0.2, 0.25) is 0 Å². The third kappa shape index (κ3) is 5.92. The molecule has 2 heterocycles. The number of hydrogen-bond donors (Lipinski definition) is 1. The van der Waals surface area contributed by atoms with Gasteiger partial charge in [0, 0.05) is 43.5 Å². The van der Waals surface area contributed by atoms with Gasteiger partial charge in [-0.1, -0.05) is 50.2 Å². The minimum atomic E-state index is 0.0731. The van der Waals surface area contributed by atoms with E-state index in [1.807, 2.05) is 42.2 Å².